The molecule has 1 aliphatic rings. The fraction of sp³-hybridized carbons (Fsp3) is 0.0769. The maximum absolute atomic E-state index is 12.5. The molecule has 0 saturated carbocycles. The van der Waals surface area contributed by atoms with Crippen LogP contribution in [0.15, 0.2) is 33.1 Å². The van der Waals surface area contributed by atoms with E-state index < -0.39 is 24.1 Å². The lowest BCUT2D eigenvalue weighted by molar-refractivity contribution is 0.603. The Labute approximate surface area is 142 Å². The van der Waals surface area contributed by atoms with Crippen LogP contribution in [0.5, 0.6) is 0 Å². The number of nitrogens with one attached hydrogen (secondary N) is 2. The molecule has 10 nitrogen and oxygen atoms in total. The number of aromatic nitrogens is 2. The second-order valence-corrected chi connectivity index (χ2v) is 8.90. The molecule has 0 aliphatic carbocycles. The van der Waals surface area contributed by atoms with E-state index in [1.54, 1.807) is 19.1 Å². The Morgan fingerprint density at radius 2 is 1.80 bits per heavy atom. The van der Waals surface area contributed by atoms with Gasteiger partial charge in [0.05, 0.1) is 9.79 Å². The number of hydrazone groups is 1. The van der Waals surface area contributed by atoms with Gasteiger partial charge in [-0.1, -0.05) is 6.07 Å². The van der Waals surface area contributed by atoms with E-state index in [0.717, 1.165) is 0 Å². The minimum Gasteiger partial charge on any atom is -0.313 e. The summed E-state index contributed by atoms with van der Waals surface area (Å²) in [4.78, 5) is 5.36. The molecule has 0 unspecified atom stereocenters. The zero-order valence-electron chi connectivity index (χ0n) is 12.5. The normalized spacial score (nSPS) is 18.3. The Bertz CT molecular complexity index is 1190. The smallest absolute Gasteiger partial charge is 0.276 e. The molecule has 25 heavy (non-hydrogen) atoms. The van der Waals surface area contributed by atoms with Crippen LogP contribution in [-0.4, -0.2) is 31.2 Å². The number of sulfone groups is 2. The number of aryl methyl sites for hydroxylation is 1. The van der Waals surface area contributed by atoms with Crippen molar-refractivity contribution in [1.29, 1.82) is 10.5 Å². The van der Waals surface area contributed by atoms with Crippen molar-refractivity contribution in [3.05, 3.63) is 35.2 Å². The summed E-state index contributed by atoms with van der Waals surface area (Å²) in [5.74, 6) is -0.238. The first kappa shape index (κ1) is 16.6. The van der Waals surface area contributed by atoms with Gasteiger partial charge in [-0.25, -0.2) is 22.3 Å². The summed E-state index contributed by atoms with van der Waals surface area (Å²) < 4.78 is 48.7. The molecule has 1 aromatic carbocycles. The molecule has 2 aromatic rings. The molecule has 1 aromatic heterocycles. The number of imidazole rings is 1. The monoisotopic (exact) mass is 376 g/mol. The van der Waals surface area contributed by atoms with Gasteiger partial charge in [0.2, 0.25) is 25.6 Å². The van der Waals surface area contributed by atoms with Gasteiger partial charge in [0.15, 0.2) is 11.4 Å². The molecular formula is C13H8N6O4S2. The van der Waals surface area contributed by atoms with E-state index in [2.05, 4.69) is 20.5 Å². The van der Waals surface area contributed by atoms with Gasteiger partial charge >= 0.3 is 0 Å². The van der Waals surface area contributed by atoms with Gasteiger partial charge < -0.3 is 4.98 Å². The van der Waals surface area contributed by atoms with Gasteiger partial charge in [-0.3, -0.25) is 0 Å². The molecule has 3 rings (SSSR count). The maximum atomic E-state index is 12.5. The second-order valence-electron chi connectivity index (χ2n) is 4.98. The Morgan fingerprint density at radius 3 is 2.40 bits per heavy atom. The lowest BCUT2D eigenvalue weighted by Crippen LogP contribution is -2.18. The van der Waals surface area contributed by atoms with Gasteiger partial charge in [0.25, 0.3) is 4.38 Å². The highest BCUT2D eigenvalue weighted by Crippen LogP contribution is 2.35. The third-order valence-corrected chi connectivity index (χ3v) is 7.71. The van der Waals surface area contributed by atoms with Crippen molar-refractivity contribution in [2.24, 2.45) is 5.10 Å². The van der Waals surface area contributed by atoms with Crippen molar-refractivity contribution >= 4 is 30.0 Å². The number of rotatable bonds is 2. The van der Waals surface area contributed by atoms with Crippen LogP contribution in [-0.2, 0) is 19.7 Å². The number of hydrogen-bond acceptors (Lipinski definition) is 9. The van der Waals surface area contributed by atoms with Crippen LogP contribution >= 0.6 is 0 Å². The third kappa shape index (κ3) is 2.44. The highest BCUT2D eigenvalue weighted by molar-refractivity contribution is 8.33. The fourth-order valence-corrected chi connectivity index (χ4v) is 6.49. The summed E-state index contributed by atoms with van der Waals surface area (Å²) in [6.45, 7) is 1.63. The first-order valence-electron chi connectivity index (χ1n) is 6.56. The zero-order valence-corrected chi connectivity index (χ0v) is 14.1. The first-order chi connectivity index (χ1) is 11.7. The number of nitrogens with zero attached hydrogens (tertiary/aromatic N) is 4. The fourth-order valence-electron chi connectivity index (χ4n) is 2.19. The average molecular weight is 376 g/mol. The molecule has 0 radical (unpaired) electrons. The van der Waals surface area contributed by atoms with E-state index in [1.807, 2.05) is 0 Å². The van der Waals surface area contributed by atoms with Crippen LogP contribution in [0, 0.1) is 29.6 Å². The highest BCUT2D eigenvalue weighted by atomic mass is 32.3. The number of nitriles is 2. The number of H-pyrrole nitrogens is 1. The van der Waals surface area contributed by atoms with Gasteiger partial charge in [-0.15, -0.1) is 5.10 Å². The molecule has 0 fully saturated rings. The quantitative estimate of drug-likeness (QED) is 0.710. The molecule has 0 amide bonds. The predicted octanol–water partition coefficient (Wildman–Crippen LogP) is 0.406. The molecule has 2 heterocycles. The second kappa shape index (κ2) is 5.41. The van der Waals surface area contributed by atoms with Crippen LogP contribution < -0.4 is 5.43 Å². The molecule has 1 aliphatic heterocycles. The number of hydrogen-bond donors (Lipinski definition) is 2. The molecule has 0 bridgehead atoms. The zero-order chi connectivity index (χ0) is 18.4. The predicted molar refractivity (Wildman–Crippen MR) is 84.6 cm³/mol. The summed E-state index contributed by atoms with van der Waals surface area (Å²) in [7, 11) is -8.66. The van der Waals surface area contributed by atoms with Gasteiger partial charge in [-0.2, -0.15) is 15.5 Å². The third-order valence-electron chi connectivity index (χ3n) is 3.31. The van der Waals surface area contributed by atoms with Crippen molar-refractivity contribution in [3.8, 4) is 12.1 Å². The lowest BCUT2D eigenvalue weighted by Gasteiger charge is -1.98. The van der Waals surface area contributed by atoms with Gasteiger partial charge in [0.1, 0.15) is 12.1 Å². The number of anilines is 1. The molecule has 2 N–H and O–H groups in total. The maximum Gasteiger partial charge on any atom is 0.276 e. The lowest BCUT2D eigenvalue weighted by atomic mass is 10.2. The topological polar surface area (TPSA) is 169 Å². The van der Waals surface area contributed by atoms with Crippen LogP contribution in [0.3, 0.4) is 0 Å². The molecule has 12 heteroatoms. The van der Waals surface area contributed by atoms with Crippen LogP contribution in [0.25, 0.3) is 0 Å². The van der Waals surface area contributed by atoms with E-state index >= 15 is 0 Å². The first-order valence-corrected chi connectivity index (χ1v) is 9.53. The van der Waals surface area contributed by atoms with E-state index in [4.69, 9.17) is 10.5 Å². The van der Waals surface area contributed by atoms with Crippen molar-refractivity contribution in [2.45, 2.75) is 16.7 Å². The van der Waals surface area contributed by atoms with Crippen LogP contribution in [0.2, 0.25) is 0 Å². The Kier molecular flexibility index (Phi) is 3.60. The van der Waals surface area contributed by atoms with Crippen molar-refractivity contribution in [2.75, 3.05) is 5.43 Å². The molecule has 0 saturated heterocycles. The molecule has 0 spiro atoms. The number of aromatic amines is 1. The Morgan fingerprint density at radius 1 is 1.12 bits per heavy atom. The van der Waals surface area contributed by atoms with E-state index in [-0.39, 0.29) is 27.1 Å². The summed E-state index contributed by atoms with van der Waals surface area (Å²) in [6.07, 6.45) is 0. The van der Waals surface area contributed by atoms with Gasteiger partial charge in [0, 0.05) is 0 Å². The van der Waals surface area contributed by atoms with E-state index in [1.165, 1.54) is 18.2 Å². The minimum atomic E-state index is -4.33. The van der Waals surface area contributed by atoms with Crippen LogP contribution in [0.4, 0.5) is 5.95 Å². The van der Waals surface area contributed by atoms with E-state index in [9.17, 15) is 16.8 Å². The molecule has 126 valence electrons. The summed E-state index contributed by atoms with van der Waals surface area (Å²) in [5.41, 5.74) is 2.32. The SMILES string of the molecule is Cc1ccc2c(c1)S(=O)(=O)C(=NNc1nc(C#N)c(C#N)[nH]1)S2(=O)=O. The highest BCUT2D eigenvalue weighted by Gasteiger charge is 2.47. The number of benzene rings is 1. The van der Waals surface area contributed by atoms with Crippen molar-refractivity contribution in [1.82, 2.24) is 9.97 Å². The molecular weight excluding hydrogens is 368 g/mol. The van der Waals surface area contributed by atoms with E-state index in [0.29, 0.717) is 5.56 Å². The number of fused-ring (bicyclic) bond motifs is 1. The largest absolute Gasteiger partial charge is 0.313 e. The summed E-state index contributed by atoms with van der Waals surface area (Å²) in [6, 6.07) is 7.27. The molecule has 0 atom stereocenters. The Balaban J connectivity index is 2.10. The standard InChI is InChI=1S/C13H8N6O4S2/c1-7-2-3-10-11(4-7)25(22,23)13(24(10,20)21)19-18-12-16-8(5-14)9(6-15)17-12/h2-4H,1H3,(H2,16,17,18). The minimum absolute atomic E-state index is 0.166. The van der Waals surface area contributed by atoms with Crippen molar-refractivity contribution in [3.63, 3.8) is 0 Å². The Hall–Kier alpha value is -3.22. The van der Waals surface area contributed by atoms with Crippen molar-refractivity contribution < 1.29 is 16.8 Å². The summed E-state index contributed by atoms with van der Waals surface area (Å²) in [5, 5.41) is 21.1. The van der Waals surface area contributed by atoms with Crippen LogP contribution in [0.1, 0.15) is 17.0 Å². The average Bonchev–Trinajstić information content (AvgIpc) is 3.01. The van der Waals surface area contributed by atoms with Gasteiger partial charge in [-0.05, 0) is 24.6 Å². The summed E-state index contributed by atoms with van der Waals surface area (Å²) >= 11 is 0.